The third-order valence-electron chi connectivity index (χ3n) is 6.12. The lowest BCUT2D eigenvalue weighted by atomic mass is 10.0. The number of aliphatic hydroxyl groups excluding tert-OH is 1. The van der Waals surface area contributed by atoms with Crippen LogP contribution >= 0.6 is 11.3 Å². The van der Waals surface area contributed by atoms with Crippen LogP contribution in [0, 0.1) is 0 Å². The molecule has 1 amide bonds. The molecule has 0 aliphatic carbocycles. The number of benzene rings is 2. The molecule has 4 rings (SSSR count). The number of carbonyl (C=O) groups is 1. The summed E-state index contributed by atoms with van der Waals surface area (Å²) in [5.74, 6) is -0.375. The van der Waals surface area contributed by atoms with Gasteiger partial charge in [-0.25, -0.2) is 4.98 Å². The van der Waals surface area contributed by atoms with Crippen LogP contribution in [0.25, 0.3) is 0 Å². The van der Waals surface area contributed by atoms with Crippen LogP contribution in [0.5, 0.6) is 0 Å². The summed E-state index contributed by atoms with van der Waals surface area (Å²) in [7, 11) is 0. The molecule has 2 heterocycles. The van der Waals surface area contributed by atoms with Crippen molar-refractivity contribution in [2.75, 3.05) is 11.1 Å². The van der Waals surface area contributed by atoms with Crippen LogP contribution in [-0.4, -0.2) is 28.1 Å². The average molecular weight is 451 g/mol. The second-order valence-corrected chi connectivity index (χ2v) is 9.25. The number of nitrogen functional groups attached to an aromatic ring is 1. The molecule has 0 unspecified atom stereocenters. The van der Waals surface area contributed by atoms with Crippen molar-refractivity contribution in [3.63, 3.8) is 0 Å². The van der Waals surface area contributed by atoms with Gasteiger partial charge in [-0.1, -0.05) is 49.4 Å². The molecular weight excluding hydrogens is 420 g/mol. The molecule has 5 N–H and O–H groups in total. The number of amides is 1. The standard InChI is InChI=1S/C25H30N4O2S/c1-2-20(22-15-32-25(26)29-22)24(31)28-18-10-8-16(9-11-18)14-19-12-13-21(27-19)23(30)17-6-4-3-5-7-17/h3-11,15,19-21,23,27,30H,2,12-14H2,1H3,(H2,26,29)(H,28,31)/t19-,20+,21+,23+/m0/s1. The highest BCUT2D eigenvalue weighted by Gasteiger charge is 2.30. The van der Waals surface area contributed by atoms with Gasteiger partial charge in [0.05, 0.1) is 17.7 Å². The van der Waals surface area contributed by atoms with E-state index in [4.69, 9.17) is 5.73 Å². The largest absolute Gasteiger partial charge is 0.387 e. The molecule has 1 aliphatic rings. The van der Waals surface area contributed by atoms with Gasteiger partial charge < -0.3 is 21.5 Å². The smallest absolute Gasteiger partial charge is 0.233 e. The SMILES string of the molecule is CC[C@@H](C(=O)Nc1ccc(C[C@@H]2CC[C@H]([C@H](O)c3ccccc3)N2)cc1)c1csc(N)n1. The van der Waals surface area contributed by atoms with Gasteiger partial charge in [0.1, 0.15) is 0 Å². The number of thiazole rings is 1. The molecule has 0 spiro atoms. The molecule has 0 radical (unpaired) electrons. The summed E-state index contributed by atoms with van der Waals surface area (Å²) >= 11 is 1.35. The number of rotatable bonds is 8. The van der Waals surface area contributed by atoms with E-state index < -0.39 is 6.10 Å². The Morgan fingerprint density at radius 2 is 1.97 bits per heavy atom. The average Bonchev–Trinajstić information content (AvgIpc) is 3.45. The van der Waals surface area contributed by atoms with E-state index in [1.165, 1.54) is 16.9 Å². The van der Waals surface area contributed by atoms with Gasteiger partial charge in [0.25, 0.3) is 0 Å². The Morgan fingerprint density at radius 1 is 1.22 bits per heavy atom. The first-order chi connectivity index (χ1) is 15.5. The molecule has 1 fully saturated rings. The Kier molecular flexibility index (Phi) is 7.19. The third kappa shape index (κ3) is 5.35. The van der Waals surface area contributed by atoms with Gasteiger partial charge in [-0.3, -0.25) is 4.79 Å². The Labute approximate surface area is 192 Å². The summed E-state index contributed by atoms with van der Waals surface area (Å²) in [5.41, 5.74) is 9.38. The number of hydrogen-bond donors (Lipinski definition) is 4. The molecule has 3 aromatic rings. The molecule has 0 saturated carbocycles. The van der Waals surface area contributed by atoms with Crippen LogP contribution in [0.2, 0.25) is 0 Å². The maximum Gasteiger partial charge on any atom is 0.233 e. The minimum atomic E-state index is -0.488. The number of nitrogens with two attached hydrogens (primary N) is 1. The van der Waals surface area contributed by atoms with E-state index in [1.807, 2.05) is 54.8 Å². The Morgan fingerprint density at radius 3 is 2.62 bits per heavy atom. The van der Waals surface area contributed by atoms with E-state index in [2.05, 4.69) is 27.8 Å². The summed E-state index contributed by atoms with van der Waals surface area (Å²) < 4.78 is 0. The van der Waals surface area contributed by atoms with E-state index in [9.17, 15) is 9.90 Å². The molecule has 32 heavy (non-hydrogen) atoms. The first-order valence-corrected chi connectivity index (χ1v) is 12.0. The fourth-order valence-corrected chi connectivity index (χ4v) is 4.99. The zero-order valence-corrected chi connectivity index (χ0v) is 19.0. The van der Waals surface area contributed by atoms with Gasteiger partial charge in [0.2, 0.25) is 5.91 Å². The molecule has 4 atom stereocenters. The highest BCUT2D eigenvalue weighted by atomic mass is 32.1. The Hall–Kier alpha value is -2.74. The van der Waals surface area contributed by atoms with Gasteiger partial charge in [0, 0.05) is 23.2 Å². The molecule has 7 heteroatoms. The van der Waals surface area contributed by atoms with E-state index in [0.29, 0.717) is 17.6 Å². The topological polar surface area (TPSA) is 100 Å². The van der Waals surface area contributed by atoms with Crippen molar-refractivity contribution in [1.82, 2.24) is 10.3 Å². The maximum atomic E-state index is 12.7. The van der Waals surface area contributed by atoms with E-state index in [1.54, 1.807) is 0 Å². The number of anilines is 2. The zero-order valence-electron chi connectivity index (χ0n) is 18.2. The summed E-state index contributed by atoms with van der Waals surface area (Å²) in [6.45, 7) is 1.97. The first-order valence-electron chi connectivity index (χ1n) is 11.1. The molecular formula is C25H30N4O2S. The van der Waals surface area contributed by atoms with Gasteiger partial charge in [-0.2, -0.15) is 0 Å². The second kappa shape index (κ2) is 10.3. The molecule has 1 aliphatic heterocycles. The summed E-state index contributed by atoms with van der Waals surface area (Å²) in [6.07, 6.45) is 3.05. The summed E-state index contributed by atoms with van der Waals surface area (Å²) in [4.78, 5) is 17.0. The van der Waals surface area contributed by atoms with Crippen molar-refractivity contribution in [1.29, 1.82) is 0 Å². The van der Waals surface area contributed by atoms with Gasteiger partial charge >= 0.3 is 0 Å². The normalized spacial score (nSPS) is 20.1. The van der Waals surface area contributed by atoms with Gasteiger partial charge in [0.15, 0.2) is 5.13 Å². The van der Waals surface area contributed by atoms with Crippen molar-refractivity contribution in [3.8, 4) is 0 Å². The minimum Gasteiger partial charge on any atom is -0.387 e. The lowest BCUT2D eigenvalue weighted by Crippen LogP contribution is -2.35. The predicted molar refractivity (Wildman–Crippen MR) is 130 cm³/mol. The Bertz CT molecular complexity index is 1020. The van der Waals surface area contributed by atoms with Crippen molar-refractivity contribution < 1.29 is 9.90 Å². The first kappa shape index (κ1) is 22.5. The number of nitrogens with one attached hydrogen (secondary N) is 2. The molecule has 168 valence electrons. The molecule has 0 bridgehead atoms. The van der Waals surface area contributed by atoms with Crippen LogP contribution in [0.3, 0.4) is 0 Å². The quantitative estimate of drug-likeness (QED) is 0.411. The number of aliphatic hydroxyl groups is 1. The van der Waals surface area contributed by atoms with Crippen LogP contribution < -0.4 is 16.4 Å². The molecule has 6 nitrogen and oxygen atoms in total. The highest BCUT2D eigenvalue weighted by Crippen LogP contribution is 2.27. The molecule has 2 aromatic carbocycles. The number of carbonyl (C=O) groups excluding carboxylic acids is 1. The molecule has 1 saturated heterocycles. The van der Waals surface area contributed by atoms with E-state index in [-0.39, 0.29) is 17.9 Å². The van der Waals surface area contributed by atoms with Crippen LogP contribution in [0.1, 0.15) is 55.0 Å². The Balaban J connectivity index is 1.31. The number of nitrogens with zero attached hydrogens (tertiary/aromatic N) is 1. The predicted octanol–water partition coefficient (Wildman–Crippen LogP) is 4.25. The van der Waals surface area contributed by atoms with Crippen LogP contribution in [-0.2, 0) is 11.2 Å². The minimum absolute atomic E-state index is 0.0687. The summed E-state index contributed by atoms with van der Waals surface area (Å²) in [5, 5.41) is 19.6. The number of aromatic nitrogens is 1. The maximum absolute atomic E-state index is 12.7. The fourth-order valence-electron chi connectivity index (χ4n) is 4.37. The lowest BCUT2D eigenvalue weighted by Gasteiger charge is -2.20. The van der Waals surface area contributed by atoms with Crippen molar-refractivity contribution in [2.24, 2.45) is 0 Å². The highest BCUT2D eigenvalue weighted by molar-refractivity contribution is 7.13. The van der Waals surface area contributed by atoms with Crippen LogP contribution in [0.15, 0.2) is 60.0 Å². The monoisotopic (exact) mass is 450 g/mol. The van der Waals surface area contributed by atoms with Gasteiger partial charge in [-0.15, -0.1) is 11.3 Å². The lowest BCUT2D eigenvalue weighted by molar-refractivity contribution is -0.117. The van der Waals surface area contributed by atoms with Crippen LogP contribution in [0.4, 0.5) is 10.8 Å². The van der Waals surface area contributed by atoms with Crippen molar-refractivity contribution in [3.05, 3.63) is 76.8 Å². The van der Waals surface area contributed by atoms with Crippen molar-refractivity contribution >= 4 is 28.1 Å². The summed E-state index contributed by atoms with van der Waals surface area (Å²) in [6, 6.07) is 18.2. The third-order valence-corrected chi connectivity index (χ3v) is 6.82. The zero-order chi connectivity index (χ0) is 22.5. The number of hydrogen-bond acceptors (Lipinski definition) is 6. The van der Waals surface area contributed by atoms with Gasteiger partial charge in [-0.05, 0) is 48.9 Å². The second-order valence-electron chi connectivity index (χ2n) is 8.36. The van der Waals surface area contributed by atoms with E-state index in [0.717, 1.165) is 36.2 Å². The van der Waals surface area contributed by atoms with E-state index >= 15 is 0 Å². The van der Waals surface area contributed by atoms with Crippen molar-refractivity contribution in [2.45, 2.75) is 56.7 Å². The fraction of sp³-hybridized carbons (Fsp3) is 0.360. The molecule has 1 aromatic heterocycles.